The molecule has 2 aliphatic heterocycles. The summed E-state index contributed by atoms with van der Waals surface area (Å²) in [6.07, 6.45) is 12.3. The highest BCUT2D eigenvalue weighted by atomic mass is 15.4. The summed E-state index contributed by atoms with van der Waals surface area (Å²) < 4.78 is 1.78. The number of nitrogens with zero attached hydrogens (tertiary/aromatic N) is 5. The van der Waals surface area contributed by atoms with Crippen molar-refractivity contribution in [3.05, 3.63) is 60.6 Å². The maximum absolute atomic E-state index is 4.74. The molecule has 28 heavy (non-hydrogen) atoms. The number of hydrogen-bond donors (Lipinski definition) is 3. The van der Waals surface area contributed by atoms with E-state index in [2.05, 4.69) is 37.2 Å². The van der Waals surface area contributed by atoms with Gasteiger partial charge in [-0.2, -0.15) is 5.10 Å². The van der Waals surface area contributed by atoms with Gasteiger partial charge in [-0.3, -0.25) is 15.1 Å². The molecule has 3 aromatic heterocycles. The lowest BCUT2D eigenvalue weighted by atomic mass is 10.1. The van der Waals surface area contributed by atoms with Gasteiger partial charge in [0.1, 0.15) is 11.6 Å². The van der Waals surface area contributed by atoms with E-state index in [4.69, 9.17) is 4.98 Å². The molecule has 1 saturated heterocycles. The molecule has 142 valence electrons. The van der Waals surface area contributed by atoms with E-state index in [-0.39, 0.29) is 0 Å². The first kappa shape index (κ1) is 16.6. The molecule has 3 N–H and O–H groups in total. The standard InChI is InChI=1S/C20H22N8/c1-27-13-15(11-23-27)14-8-18-17(21-10-14)4-5-19(24-18)25-20-9-16(12-22-26-20)28-6-2-3-7-28/h4-5,8-13,22,26H,2-3,6-7H2,1H3,(H,24,25). The van der Waals surface area contributed by atoms with Crippen LogP contribution in [-0.4, -0.2) is 37.7 Å². The quantitative estimate of drug-likeness (QED) is 0.646. The number of anilines is 1. The van der Waals surface area contributed by atoms with Crippen LogP contribution in [0.25, 0.3) is 22.2 Å². The lowest BCUT2D eigenvalue weighted by molar-refractivity contribution is 0.429. The molecule has 0 spiro atoms. The van der Waals surface area contributed by atoms with Gasteiger partial charge in [0.25, 0.3) is 0 Å². The number of hydrazine groups is 1. The van der Waals surface area contributed by atoms with Gasteiger partial charge < -0.3 is 15.6 Å². The SMILES string of the molecule is Cn1cc(-c2cnc3ccc(NC4=CC(N5CCCC5)=CNN4)nc3c2)cn1. The summed E-state index contributed by atoms with van der Waals surface area (Å²) in [5, 5.41) is 7.59. The van der Waals surface area contributed by atoms with E-state index in [9.17, 15) is 0 Å². The fourth-order valence-corrected chi connectivity index (χ4v) is 3.58. The molecule has 2 aliphatic rings. The second-order valence-electron chi connectivity index (χ2n) is 7.08. The average molecular weight is 374 g/mol. The molecule has 0 atom stereocenters. The van der Waals surface area contributed by atoms with E-state index in [0.717, 1.165) is 46.9 Å². The smallest absolute Gasteiger partial charge is 0.132 e. The van der Waals surface area contributed by atoms with Crippen molar-refractivity contribution in [2.24, 2.45) is 7.05 Å². The number of aromatic nitrogens is 4. The lowest BCUT2D eigenvalue weighted by Gasteiger charge is -2.25. The number of fused-ring (bicyclic) bond motifs is 1. The molecule has 5 heterocycles. The van der Waals surface area contributed by atoms with Gasteiger partial charge in [-0.05, 0) is 31.0 Å². The van der Waals surface area contributed by atoms with Crippen LogP contribution < -0.4 is 16.2 Å². The van der Waals surface area contributed by atoms with E-state index < -0.39 is 0 Å². The molecule has 0 bridgehead atoms. The van der Waals surface area contributed by atoms with Gasteiger partial charge in [0, 0.05) is 55.9 Å². The van der Waals surface area contributed by atoms with Gasteiger partial charge in [0.2, 0.25) is 0 Å². The first-order valence-electron chi connectivity index (χ1n) is 9.46. The van der Waals surface area contributed by atoms with Gasteiger partial charge in [-0.1, -0.05) is 0 Å². The molecule has 0 saturated carbocycles. The number of rotatable bonds is 4. The fraction of sp³-hybridized carbons (Fsp3) is 0.250. The number of allylic oxidation sites excluding steroid dienone is 1. The number of hydrogen-bond acceptors (Lipinski definition) is 7. The molecule has 0 unspecified atom stereocenters. The van der Waals surface area contributed by atoms with Crippen molar-refractivity contribution in [1.82, 2.24) is 35.5 Å². The second kappa shape index (κ2) is 6.88. The first-order valence-corrected chi connectivity index (χ1v) is 9.46. The van der Waals surface area contributed by atoms with E-state index in [1.54, 1.807) is 4.68 Å². The van der Waals surface area contributed by atoms with Crippen LogP contribution >= 0.6 is 0 Å². The molecule has 8 nitrogen and oxygen atoms in total. The Kier molecular flexibility index (Phi) is 4.08. The molecular weight excluding hydrogens is 352 g/mol. The molecule has 0 aromatic carbocycles. The molecule has 0 radical (unpaired) electrons. The second-order valence-corrected chi connectivity index (χ2v) is 7.08. The minimum absolute atomic E-state index is 0.765. The number of aryl methyl sites for hydroxylation is 1. The average Bonchev–Trinajstić information content (AvgIpc) is 3.40. The maximum atomic E-state index is 4.74. The molecule has 8 heteroatoms. The number of nitrogens with one attached hydrogen (secondary N) is 3. The van der Waals surface area contributed by atoms with Gasteiger partial charge in [0.15, 0.2) is 0 Å². The third-order valence-corrected chi connectivity index (χ3v) is 5.03. The van der Waals surface area contributed by atoms with Crippen LogP contribution in [0.1, 0.15) is 12.8 Å². The predicted molar refractivity (Wildman–Crippen MR) is 109 cm³/mol. The van der Waals surface area contributed by atoms with Gasteiger partial charge in [-0.15, -0.1) is 0 Å². The van der Waals surface area contributed by atoms with E-state index in [0.29, 0.717) is 0 Å². The van der Waals surface area contributed by atoms with Gasteiger partial charge in [0.05, 0.1) is 22.9 Å². The van der Waals surface area contributed by atoms with E-state index >= 15 is 0 Å². The minimum Gasteiger partial charge on any atom is -0.370 e. The maximum Gasteiger partial charge on any atom is 0.132 e. The Balaban J connectivity index is 1.40. The summed E-state index contributed by atoms with van der Waals surface area (Å²) in [5.74, 6) is 1.63. The van der Waals surface area contributed by atoms with Gasteiger partial charge in [-0.25, -0.2) is 4.98 Å². The summed E-state index contributed by atoms with van der Waals surface area (Å²) in [6, 6.07) is 5.96. The van der Waals surface area contributed by atoms with Gasteiger partial charge >= 0.3 is 0 Å². The highest BCUT2D eigenvalue weighted by Gasteiger charge is 2.16. The summed E-state index contributed by atoms with van der Waals surface area (Å²) in [5.41, 5.74) is 11.2. The van der Waals surface area contributed by atoms with Crippen molar-refractivity contribution in [3.8, 4) is 11.1 Å². The van der Waals surface area contributed by atoms with Crippen molar-refractivity contribution in [2.75, 3.05) is 18.4 Å². The molecule has 3 aromatic rings. The highest BCUT2D eigenvalue weighted by molar-refractivity contribution is 5.81. The predicted octanol–water partition coefficient (Wildman–Crippen LogP) is 2.33. The zero-order valence-electron chi connectivity index (χ0n) is 15.7. The Labute approximate surface area is 162 Å². The normalized spacial score (nSPS) is 16.4. The fourth-order valence-electron chi connectivity index (χ4n) is 3.58. The molecule has 5 rings (SSSR count). The van der Waals surface area contributed by atoms with Crippen LogP contribution in [0.4, 0.5) is 5.82 Å². The van der Waals surface area contributed by atoms with Crippen molar-refractivity contribution >= 4 is 16.9 Å². The van der Waals surface area contributed by atoms with Crippen LogP contribution in [0.3, 0.4) is 0 Å². The topological polar surface area (TPSA) is 82.9 Å². The van der Waals surface area contributed by atoms with Crippen LogP contribution in [0.2, 0.25) is 0 Å². The zero-order chi connectivity index (χ0) is 18.9. The third kappa shape index (κ3) is 3.24. The Morgan fingerprint density at radius 2 is 1.96 bits per heavy atom. The minimum atomic E-state index is 0.765. The molecule has 1 fully saturated rings. The van der Waals surface area contributed by atoms with Crippen molar-refractivity contribution in [3.63, 3.8) is 0 Å². The monoisotopic (exact) mass is 374 g/mol. The van der Waals surface area contributed by atoms with Crippen LogP contribution in [0.15, 0.2) is 60.6 Å². The number of pyridine rings is 2. The molecule has 0 aliphatic carbocycles. The Bertz CT molecular complexity index is 1070. The van der Waals surface area contributed by atoms with Crippen LogP contribution in [0.5, 0.6) is 0 Å². The summed E-state index contributed by atoms with van der Waals surface area (Å²) in [4.78, 5) is 11.7. The third-order valence-electron chi connectivity index (χ3n) is 5.03. The van der Waals surface area contributed by atoms with E-state index in [1.165, 1.54) is 18.5 Å². The van der Waals surface area contributed by atoms with E-state index in [1.807, 2.05) is 50.0 Å². The summed E-state index contributed by atoms with van der Waals surface area (Å²) in [6.45, 7) is 2.21. The largest absolute Gasteiger partial charge is 0.370 e. The number of likely N-dealkylation sites (tertiary alicyclic amines) is 1. The van der Waals surface area contributed by atoms with Crippen molar-refractivity contribution in [1.29, 1.82) is 0 Å². The van der Waals surface area contributed by atoms with Crippen molar-refractivity contribution < 1.29 is 0 Å². The Morgan fingerprint density at radius 1 is 1.07 bits per heavy atom. The molecular formula is C20H22N8. The Hall–Kier alpha value is -3.55. The summed E-state index contributed by atoms with van der Waals surface area (Å²) >= 11 is 0. The van der Waals surface area contributed by atoms with Crippen LogP contribution in [-0.2, 0) is 7.05 Å². The van der Waals surface area contributed by atoms with Crippen LogP contribution in [0, 0.1) is 0 Å². The summed E-state index contributed by atoms with van der Waals surface area (Å²) in [7, 11) is 1.90. The highest BCUT2D eigenvalue weighted by Crippen LogP contribution is 2.23. The zero-order valence-corrected chi connectivity index (χ0v) is 15.7. The van der Waals surface area contributed by atoms with Crippen molar-refractivity contribution in [2.45, 2.75) is 12.8 Å². The first-order chi connectivity index (χ1) is 13.7. The lowest BCUT2D eigenvalue weighted by Crippen LogP contribution is -2.36. The molecule has 0 amide bonds. The Morgan fingerprint density at radius 3 is 2.79 bits per heavy atom.